The number of Topliss-reactive ketones (excluding diaryl/α,β-unsaturated/α-hetero) is 1. The molecule has 0 saturated carbocycles. The highest BCUT2D eigenvalue weighted by Crippen LogP contribution is 2.40. The molecule has 0 saturated heterocycles. The average molecular weight is 460 g/mol. The molecule has 0 bridgehead atoms. The molecule has 7 nitrogen and oxygen atoms in total. The Bertz CT molecular complexity index is 1270. The number of ketones is 1. The topological polar surface area (TPSA) is 80.3 Å². The Kier molecular flexibility index (Phi) is 6.54. The largest absolute Gasteiger partial charge is 0.497 e. The fraction of sp³-hybridized carbons (Fsp3) is 0.185. The first kappa shape index (κ1) is 22.9. The molecular formula is C27H24O7. The number of fused-ring (bicyclic) bond motifs is 1. The van der Waals surface area contributed by atoms with Gasteiger partial charge in [-0.05, 0) is 60.5 Å². The van der Waals surface area contributed by atoms with Crippen LogP contribution < -0.4 is 23.7 Å². The second kappa shape index (κ2) is 9.70. The molecule has 0 aromatic heterocycles. The van der Waals surface area contributed by atoms with Crippen molar-refractivity contribution >= 4 is 17.8 Å². The predicted molar refractivity (Wildman–Crippen MR) is 126 cm³/mol. The van der Waals surface area contributed by atoms with Crippen LogP contribution in [0, 0.1) is 6.92 Å². The fourth-order valence-corrected chi connectivity index (χ4v) is 3.64. The maximum atomic E-state index is 12.9. The van der Waals surface area contributed by atoms with E-state index in [1.165, 1.54) is 0 Å². The summed E-state index contributed by atoms with van der Waals surface area (Å²) in [7, 11) is 4.68. The van der Waals surface area contributed by atoms with Gasteiger partial charge in [-0.3, -0.25) is 9.59 Å². The third-order valence-corrected chi connectivity index (χ3v) is 5.47. The van der Waals surface area contributed by atoms with Crippen LogP contribution in [0.4, 0.5) is 0 Å². The van der Waals surface area contributed by atoms with Crippen LogP contribution in [0.15, 0.2) is 60.4 Å². The molecule has 0 fully saturated rings. The number of methoxy groups -OCH3 is 3. The lowest BCUT2D eigenvalue weighted by Crippen LogP contribution is -2.12. The molecule has 4 rings (SSSR count). The van der Waals surface area contributed by atoms with Gasteiger partial charge in [0.15, 0.2) is 17.3 Å². The zero-order valence-electron chi connectivity index (χ0n) is 19.3. The molecule has 0 radical (unpaired) electrons. The zero-order chi connectivity index (χ0) is 24.2. The van der Waals surface area contributed by atoms with E-state index in [9.17, 15) is 9.59 Å². The van der Waals surface area contributed by atoms with E-state index in [-0.39, 0.29) is 18.0 Å². The lowest BCUT2D eigenvalue weighted by atomic mass is 10.1. The van der Waals surface area contributed by atoms with Crippen molar-refractivity contribution in [3.05, 3.63) is 82.6 Å². The normalized spacial score (nSPS) is 13.3. The van der Waals surface area contributed by atoms with Gasteiger partial charge >= 0.3 is 5.97 Å². The molecule has 0 spiro atoms. The van der Waals surface area contributed by atoms with Gasteiger partial charge in [-0.25, -0.2) is 0 Å². The van der Waals surface area contributed by atoms with E-state index in [1.54, 1.807) is 76.8 Å². The van der Waals surface area contributed by atoms with Gasteiger partial charge in [-0.1, -0.05) is 18.2 Å². The smallest absolute Gasteiger partial charge is 0.315 e. The SMILES string of the molecule is COc1ccc(CC(=O)Oc2ccc3c(c2C)O/C(=C\c2ccc(OC)c(OC)c2)C3=O)cc1. The minimum absolute atomic E-state index is 0.102. The van der Waals surface area contributed by atoms with Crippen LogP contribution in [0.3, 0.4) is 0 Å². The number of rotatable bonds is 7. The number of esters is 1. The van der Waals surface area contributed by atoms with Crippen molar-refractivity contribution in [3.63, 3.8) is 0 Å². The number of hydrogen-bond donors (Lipinski definition) is 0. The quantitative estimate of drug-likeness (QED) is 0.285. The standard InChI is InChI=1S/C27H24O7/c1-16-21(33-25(28)15-17-5-8-19(30-2)9-6-17)12-10-20-26(29)24(34-27(16)20)14-18-7-11-22(31-3)23(13-18)32-4/h5-14H,15H2,1-4H3/b24-14-. The minimum Gasteiger partial charge on any atom is -0.497 e. The number of allylic oxidation sites excluding steroid dienone is 1. The molecule has 1 aliphatic heterocycles. The Morgan fingerprint density at radius 3 is 2.26 bits per heavy atom. The first-order chi connectivity index (χ1) is 16.4. The van der Waals surface area contributed by atoms with Crippen molar-refractivity contribution in [3.8, 4) is 28.7 Å². The van der Waals surface area contributed by atoms with E-state index in [2.05, 4.69) is 0 Å². The van der Waals surface area contributed by atoms with Crippen molar-refractivity contribution in [2.45, 2.75) is 13.3 Å². The number of carbonyl (C=O) groups is 2. The average Bonchev–Trinajstić information content (AvgIpc) is 3.17. The Hall–Kier alpha value is -4.26. The summed E-state index contributed by atoms with van der Waals surface area (Å²) in [6.07, 6.45) is 1.74. The van der Waals surface area contributed by atoms with E-state index < -0.39 is 5.97 Å². The van der Waals surface area contributed by atoms with Crippen LogP contribution in [-0.4, -0.2) is 33.1 Å². The Balaban J connectivity index is 1.52. The molecule has 0 atom stereocenters. The summed E-state index contributed by atoms with van der Waals surface area (Å²) >= 11 is 0. The molecule has 3 aromatic rings. The molecule has 1 aliphatic rings. The summed E-state index contributed by atoms with van der Waals surface area (Å²) in [5, 5.41) is 0. The lowest BCUT2D eigenvalue weighted by Gasteiger charge is -2.10. The van der Waals surface area contributed by atoms with Gasteiger partial charge in [0.05, 0.1) is 33.3 Å². The van der Waals surface area contributed by atoms with Gasteiger partial charge in [0.25, 0.3) is 0 Å². The van der Waals surface area contributed by atoms with E-state index in [4.69, 9.17) is 23.7 Å². The van der Waals surface area contributed by atoms with Crippen LogP contribution in [0.5, 0.6) is 28.7 Å². The van der Waals surface area contributed by atoms with Crippen molar-refractivity contribution < 1.29 is 33.3 Å². The first-order valence-corrected chi connectivity index (χ1v) is 10.6. The lowest BCUT2D eigenvalue weighted by molar-refractivity contribution is -0.133. The minimum atomic E-state index is -0.418. The van der Waals surface area contributed by atoms with Crippen LogP contribution >= 0.6 is 0 Å². The Morgan fingerprint density at radius 2 is 1.59 bits per heavy atom. The summed E-state index contributed by atoms with van der Waals surface area (Å²) < 4.78 is 27.2. The monoisotopic (exact) mass is 460 g/mol. The number of benzene rings is 3. The summed E-state index contributed by atoms with van der Waals surface area (Å²) in [6.45, 7) is 1.75. The molecule has 34 heavy (non-hydrogen) atoms. The van der Waals surface area contributed by atoms with Crippen LogP contribution in [0.1, 0.15) is 27.0 Å². The van der Waals surface area contributed by atoms with Gasteiger partial charge in [-0.15, -0.1) is 0 Å². The number of ether oxygens (including phenoxy) is 5. The summed E-state index contributed by atoms with van der Waals surface area (Å²) in [4.78, 5) is 25.4. The highest BCUT2D eigenvalue weighted by atomic mass is 16.5. The van der Waals surface area contributed by atoms with Gasteiger partial charge in [-0.2, -0.15) is 0 Å². The van der Waals surface area contributed by atoms with Crippen LogP contribution in [0.2, 0.25) is 0 Å². The highest BCUT2D eigenvalue weighted by Gasteiger charge is 2.30. The van der Waals surface area contributed by atoms with Gasteiger partial charge in [0.1, 0.15) is 17.2 Å². The summed E-state index contributed by atoms with van der Waals surface area (Å²) in [5.41, 5.74) is 2.51. The van der Waals surface area contributed by atoms with Crippen molar-refractivity contribution in [1.82, 2.24) is 0 Å². The van der Waals surface area contributed by atoms with E-state index in [0.717, 1.165) is 11.1 Å². The first-order valence-electron chi connectivity index (χ1n) is 10.6. The molecule has 0 amide bonds. The van der Waals surface area contributed by atoms with E-state index in [0.29, 0.717) is 39.9 Å². The third kappa shape index (κ3) is 4.59. The molecule has 3 aromatic carbocycles. The molecule has 174 valence electrons. The molecule has 0 aliphatic carbocycles. The summed E-state index contributed by atoms with van der Waals surface area (Å²) in [6, 6.07) is 15.7. The highest BCUT2D eigenvalue weighted by molar-refractivity contribution is 6.15. The second-order valence-corrected chi connectivity index (χ2v) is 7.62. The van der Waals surface area contributed by atoms with Crippen molar-refractivity contribution in [2.75, 3.05) is 21.3 Å². The zero-order valence-corrected chi connectivity index (χ0v) is 19.3. The fourth-order valence-electron chi connectivity index (χ4n) is 3.64. The molecule has 1 heterocycles. The number of carbonyl (C=O) groups excluding carboxylic acids is 2. The Labute approximate surface area is 197 Å². The maximum Gasteiger partial charge on any atom is 0.315 e. The maximum absolute atomic E-state index is 12.9. The molecule has 0 N–H and O–H groups in total. The molecular weight excluding hydrogens is 436 g/mol. The molecule has 0 unspecified atom stereocenters. The van der Waals surface area contributed by atoms with Crippen LogP contribution in [0.25, 0.3) is 6.08 Å². The van der Waals surface area contributed by atoms with Gasteiger partial charge in [0, 0.05) is 5.56 Å². The Morgan fingerprint density at radius 1 is 0.882 bits per heavy atom. The second-order valence-electron chi connectivity index (χ2n) is 7.62. The third-order valence-electron chi connectivity index (χ3n) is 5.47. The van der Waals surface area contributed by atoms with Crippen molar-refractivity contribution in [2.24, 2.45) is 0 Å². The predicted octanol–water partition coefficient (Wildman–Crippen LogP) is 4.79. The molecule has 7 heteroatoms. The summed E-state index contributed by atoms with van der Waals surface area (Å²) in [5.74, 6) is 2.08. The van der Waals surface area contributed by atoms with Crippen molar-refractivity contribution in [1.29, 1.82) is 0 Å². The van der Waals surface area contributed by atoms with Crippen LogP contribution in [-0.2, 0) is 11.2 Å². The van der Waals surface area contributed by atoms with Gasteiger partial charge < -0.3 is 23.7 Å². The number of hydrogen-bond acceptors (Lipinski definition) is 7. The van der Waals surface area contributed by atoms with Gasteiger partial charge in [0.2, 0.25) is 5.78 Å². The van der Waals surface area contributed by atoms with E-state index in [1.807, 2.05) is 12.1 Å². The van der Waals surface area contributed by atoms with E-state index >= 15 is 0 Å².